The number of benzene rings is 2. The van der Waals surface area contributed by atoms with E-state index in [1.807, 2.05) is 24.3 Å². The number of carboxylic acid groups (broad SMARTS) is 1. The quantitative estimate of drug-likeness (QED) is 0.739. The fourth-order valence-electron chi connectivity index (χ4n) is 2.72. The minimum Gasteiger partial charge on any atom is -0.481 e. The Morgan fingerprint density at radius 2 is 1.65 bits per heavy atom. The molecular formula is C20H25NO2. The molecule has 0 spiro atoms. The van der Waals surface area contributed by atoms with Gasteiger partial charge < -0.3 is 10.4 Å². The molecule has 0 heterocycles. The van der Waals surface area contributed by atoms with Crippen molar-refractivity contribution in [2.24, 2.45) is 0 Å². The van der Waals surface area contributed by atoms with E-state index in [2.05, 4.69) is 48.6 Å². The van der Waals surface area contributed by atoms with Gasteiger partial charge in [0.1, 0.15) is 0 Å². The van der Waals surface area contributed by atoms with Gasteiger partial charge in [-0.1, -0.05) is 67.6 Å². The van der Waals surface area contributed by atoms with Crippen molar-refractivity contribution in [1.29, 1.82) is 0 Å². The van der Waals surface area contributed by atoms with E-state index in [-0.39, 0.29) is 12.5 Å². The van der Waals surface area contributed by atoms with E-state index in [9.17, 15) is 4.79 Å². The van der Waals surface area contributed by atoms with Crippen LogP contribution in [0.25, 0.3) is 0 Å². The molecule has 0 amide bonds. The molecule has 2 unspecified atom stereocenters. The molecule has 0 aliphatic carbocycles. The summed E-state index contributed by atoms with van der Waals surface area (Å²) in [7, 11) is 0. The summed E-state index contributed by atoms with van der Waals surface area (Å²) in [5, 5.41) is 12.5. The van der Waals surface area contributed by atoms with Gasteiger partial charge in [0.15, 0.2) is 0 Å². The Kier molecular flexibility index (Phi) is 6.82. The number of nitrogens with one attached hydrogen (secondary N) is 1. The van der Waals surface area contributed by atoms with Crippen molar-refractivity contribution in [2.75, 3.05) is 6.54 Å². The largest absolute Gasteiger partial charge is 0.481 e. The molecule has 0 aromatic heterocycles. The number of rotatable bonds is 9. The van der Waals surface area contributed by atoms with E-state index in [0.29, 0.717) is 12.3 Å². The third-order valence-electron chi connectivity index (χ3n) is 4.11. The first-order valence-electron chi connectivity index (χ1n) is 8.19. The van der Waals surface area contributed by atoms with Crippen LogP contribution in [0.1, 0.15) is 36.8 Å². The smallest absolute Gasteiger partial charge is 0.303 e. The summed E-state index contributed by atoms with van der Waals surface area (Å²) in [5.41, 5.74) is 2.54. The second-order valence-corrected chi connectivity index (χ2v) is 6.04. The first kappa shape index (κ1) is 17.2. The Labute approximate surface area is 138 Å². The van der Waals surface area contributed by atoms with Crippen LogP contribution in [0.4, 0.5) is 0 Å². The molecule has 0 saturated heterocycles. The van der Waals surface area contributed by atoms with Crippen molar-refractivity contribution in [2.45, 2.75) is 38.1 Å². The highest BCUT2D eigenvalue weighted by molar-refractivity contribution is 5.66. The normalized spacial score (nSPS) is 13.4. The van der Waals surface area contributed by atoms with Crippen LogP contribution >= 0.6 is 0 Å². The summed E-state index contributed by atoms with van der Waals surface area (Å²) in [6.45, 7) is 3.04. The number of hydrogen-bond acceptors (Lipinski definition) is 2. The van der Waals surface area contributed by atoms with Gasteiger partial charge in [-0.15, -0.1) is 0 Å². The lowest BCUT2D eigenvalue weighted by atomic mass is 9.98. The molecule has 0 fully saturated rings. The van der Waals surface area contributed by atoms with Gasteiger partial charge in [-0.25, -0.2) is 0 Å². The van der Waals surface area contributed by atoms with Gasteiger partial charge >= 0.3 is 5.97 Å². The predicted octanol–water partition coefficient (Wildman–Crippen LogP) is 3.86. The van der Waals surface area contributed by atoms with Gasteiger partial charge in [0.2, 0.25) is 0 Å². The zero-order chi connectivity index (χ0) is 16.5. The average Bonchev–Trinajstić information content (AvgIpc) is 2.58. The second kappa shape index (κ2) is 9.11. The molecule has 122 valence electrons. The first-order chi connectivity index (χ1) is 11.1. The molecule has 2 aromatic rings. The number of aliphatic carboxylic acids is 1. The summed E-state index contributed by atoms with van der Waals surface area (Å²) < 4.78 is 0. The highest BCUT2D eigenvalue weighted by Gasteiger charge is 2.13. The minimum atomic E-state index is -0.735. The molecule has 0 aliphatic rings. The molecule has 3 heteroatoms. The summed E-state index contributed by atoms with van der Waals surface area (Å²) in [5.74, 6) is -0.333. The maximum absolute atomic E-state index is 10.9. The molecule has 0 saturated carbocycles. The highest BCUT2D eigenvalue weighted by atomic mass is 16.4. The molecule has 0 aliphatic heterocycles. The van der Waals surface area contributed by atoms with E-state index in [1.165, 1.54) is 11.1 Å². The maximum atomic E-state index is 10.9. The number of carbonyl (C=O) groups is 1. The summed E-state index contributed by atoms with van der Waals surface area (Å²) in [6, 6.07) is 20.8. The fourth-order valence-corrected chi connectivity index (χ4v) is 2.72. The molecule has 0 radical (unpaired) electrons. The molecule has 2 aromatic carbocycles. The summed E-state index contributed by atoms with van der Waals surface area (Å²) in [4.78, 5) is 10.9. The Balaban J connectivity index is 1.92. The third-order valence-corrected chi connectivity index (χ3v) is 4.11. The molecule has 2 N–H and O–H groups in total. The Morgan fingerprint density at radius 1 is 1.04 bits per heavy atom. The standard InChI is InChI=1S/C20H25NO2/c1-16(18-10-6-3-7-11-18)15-21-19(12-13-20(22)23)14-17-8-4-2-5-9-17/h2-11,16,19,21H,12-15H2,1H3,(H,22,23). The van der Waals surface area contributed by atoms with Gasteiger partial charge in [-0.3, -0.25) is 4.79 Å². The maximum Gasteiger partial charge on any atom is 0.303 e. The van der Waals surface area contributed by atoms with E-state index >= 15 is 0 Å². The van der Waals surface area contributed by atoms with E-state index < -0.39 is 5.97 Å². The van der Waals surface area contributed by atoms with Gasteiger partial charge in [-0.05, 0) is 29.9 Å². The zero-order valence-electron chi connectivity index (χ0n) is 13.6. The SMILES string of the molecule is CC(CNC(CCC(=O)O)Cc1ccccc1)c1ccccc1. The van der Waals surface area contributed by atoms with E-state index in [4.69, 9.17) is 5.11 Å². The summed E-state index contributed by atoms with van der Waals surface area (Å²) in [6.07, 6.45) is 1.70. The van der Waals surface area contributed by atoms with Crippen LogP contribution in [0.15, 0.2) is 60.7 Å². The molecule has 3 nitrogen and oxygen atoms in total. The first-order valence-corrected chi connectivity index (χ1v) is 8.19. The topological polar surface area (TPSA) is 49.3 Å². The average molecular weight is 311 g/mol. The van der Waals surface area contributed by atoms with Crippen molar-refractivity contribution in [3.63, 3.8) is 0 Å². The van der Waals surface area contributed by atoms with E-state index in [0.717, 1.165) is 13.0 Å². The van der Waals surface area contributed by atoms with Crippen LogP contribution < -0.4 is 5.32 Å². The molecule has 23 heavy (non-hydrogen) atoms. The highest BCUT2D eigenvalue weighted by Crippen LogP contribution is 2.15. The lowest BCUT2D eigenvalue weighted by molar-refractivity contribution is -0.137. The molecule has 2 rings (SSSR count). The third kappa shape index (κ3) is 6.25. The monoisotopic (exact) mass is 311 g/mol. The lowest BCUT2D eigenvalue weighted by Crippen LogP contribution is -2.34. The molecule has 0 bridgehead atoms. The van der Waals surface area contributed by atoms with Gasteiger partial charge in [-0.2, -0.15) is 0 Å². The van der Waals surface area contributed by atoms with Crippen LogP contribution in [0.5, 0.6) is 0 Å². The minimum absolute atomic E-state index is 0.180. The van der Waals surface area contributed by atoms with E-state index in [1.54, 1.807) is 0 Å². The van der Waals surface area contributed by atoms with Crippen molar-refractivity contribution in [1.82, 2.24) is 5.32 Å². The van der Waals surface area contributed by atoms with Crippen molar-refractivity contribution < 1.29 is 9.90 Å². The fraction of sp³-hybridized carbons (Fsp3) is 0.350. The van der Waals surface area contributed by atoms with Crippen molar-refractivity contribution in [3.05, 3.63) is 71.8 Å². The van der Waals surface area contributed by atoms with Crippen LogP contribution in [0.2, 0.25) is 0 Å². The molecule has 2 atom stereocenters. The van der Waals surface area contributed by atoms with Crippen LogP contribution in [0.3, 0.4) is 0 Å². The lowest BCUT2D eigenvalue weighted by Gasteiger charge is -2.21. The Morgan fingerprint density at radius 3 is 2.26 bits per heavy atom. The second-order valence-electron chi connectivity index (χ2n) is 6.04. The Hall–Kier alpha value is -2.13. The van der Waals surface area contributed by atoms with Gasteiger partial charge in [0.05, 0.1) is 0 Å². The number of hydrogen-bond donors (Lipinski definition) is 2. The predicted molar refractivity (Wildman–Crippen MR) is 93.7 cm³/mol. The Bertz CT molecular complexity index is 583. The van der Waals surface area contributed by atoms with Crippen molar-refractivity contribution in [3.8, 4) is 0 Å². The van der Waals surface area contributed by atoms with Gasteiger partial charge in [0.25, 0.3) is 0 Å². The van der Waals surface area contributed by atoms with Crippen molar-refractivity contribution >= 4 is 5.97 Å². The van der Waals surface area contributed by atoms with Crippen LogP contribution in [-0.4, -0.2) is 23.7 Å². The molecular weight excluding hydrogens is 286 g/mol. The zero-order valence-corrected chi connectivity index (χ0v) is 13.6. The van der Waals surface area contributed by atoms with Crippen LogP contribution in [0, 0.1) is 0 Å². The summed E-state index contributed by atoms with van der Waals surface area (Å²) >= 11 is 0. The number of carboxylic acids is 1. The van der Waals surface area contributed by atoms with Gasteiger partial charge in [0, 0.05) is 19.0 Å². The van der Waals surface area contributed by atoms with Crippen LogP contribution in [-0.2, 0) is 11.2 Å².